The maximum atomic E-state index is 13.0. The number of methoxy groups -OCH3 is 1. The van der Waals surface area contributed by atoms with Crippen molar-refractivity contribution in [1.82, 2.24) is 0 Å². The second-order valence-corrected chi connectivity index (χ2v) is 9.05. The predicted octanol–water partition coefficient (Wildman–Crippen LogP) is 4.56. The van der Waals surface area contributed by atoms with Gasteiger partial charge >= 0.3 is 5.97 Å². The van der Waals surface area contributed by atoms with Crippen LogP contribution in [0.15, 0.2) is 54.6 Å². The largest absolute Gasteiger partial charge is 0.497 e. The van der Waals surface area contributed by atoms with Crippen LogP contribution in [-0.2, 0) is 4.79 Å². The Balaban J connectivity index is 1.69. The molecule has 0 aromatic heterocycles. The van der Waals surface area contributed by atoms with E-state index in [0.717, 1.165) is 23.1 Å². The van der Waals surface area contributed by atoms with Crippen LogP contribution < -0.4 is 23.7 Å². The molecule has 0 saturated carbocycles. The molecule has 0 fully saturated rings. The fourth-order valence-electron chi connectivity index (χ4n) is 5.31. The molecule has 2 aliphatic rings. The summed E-state index contributed by atoms with van der Waals surface area (Å²) in [6.07, 6.45) is 0.857. The Bertz CT molecular complexity index is 1290. The van der Waals surface area contributed by atoms with E-state index in [0.29, 0.717) is 40.9 Å². The molecule has 8 nitrogen and oxygen atoms in total. The van der Waals surface area contributed by atoms with Gasteiger partial charge in [-0.05, 0) is 53.4 Å². The summed E-state index contributed by atoms with van der Waals surface area (Å²) in [4.78, 5) is 13.0. The molecule has 0 bridgehead atoms. The minimum Gasteiger partial charge on any atom is -0.497 e. The van der Waals surface area contributed by atoms with Gasteiger partial charge in [0.2, 0.25) is 6.79 Å². The second kappa shape index (κ2) is 10.6. The number of aliphatic hydroxyl groups excluding tert-OH is 1. The van der Waals surface area contributed by atoms with Crippen molar-refractivity contribution in [1.29, 1.82) is 0 Å². The molecule has 37 heavy (non-hydrogen) atoms. The third-order valence-electron chi connectivity index (χ3n) is 6.86. The van der Waals surface area contributed by atoms with Crippen molar-refractivity contribution in [3.8, 4) is 28.7 Å². The van der Waals surface area contributed by atoms with Crippen LogP contribution >= 0.6 is 0 Å². The number of hydrogen-bond donors (Lipinski definition) is 2. The van der Waals surface area contributed by atoms with Crippen molar-refractivity contribution in [2.75, 3.05) is 33.7 Å². The number of aliphatic hydroxyl groups is 1. The van der Waals surface area contributed by atoms with Crippen molar-refractivity contribution < 1.29 is 38.7 Å². The second-order valence-electron chi connectivity index (χ2n) is 9.05. The number of carboxylic acids is 1. The summed E-state index contributed by atoms with van der Waals surface area (Å²) in [6, 6.07) is 16.8. The Kier molecular flexibility index (Phi) is 7.10. The summed E-state index contributed by atoms with van der Waals surface area (Å²) in [5, 5.41) is 20.0. The van der Waals surface area contributed by atoms with Crippen LogP contribution in [0.2, 0.25) is 0 Å². The quantitative estimate of drug-likeness (QED) is 0.413. The number of carbonyl (C=O) groups is 1. The van der Waals surface area contributed by atoms with Gasteiger partial charge in [-0.3, -0.25) is 4.79 Å². The van der Waals surface area contributed by atoms with Crippen molar-refractivity contribution in [2.24, 2.45) is 5.92 Å². The summed E-state index contributed by atoms with van der Waals surface area (Å²) in [5.41, 5.74) is 3.31. The number of carboxylic acid groups (broad SMARTS) is 1. The molecule has 0 unspecified atom stereocenters. The van der Waals surface area contributed by atoms with E-state index in [-0.39, 0.29) is 20.0 Å². The van der Waals surface area contributed by atoms with Gasteiger partial charge < -0.3 is 33.9 Å². The average molecular weight is 507 g/mol. The molecule has 0 spiro atoms. The summed E-state index contributed by atoms with van der Waals surface area (Å²) in [5.74, 6) is 0.246. The lowest BCUT2D eigenvalue weighted by Gasteiger charge is -2.25. The molecule has 1 aliphatic carbocycles. The fraction of sp³-hybridized carbons (Fsp3) is 0.345. The zero-order chi connectivity index (χ0) is 25.9. The topological polar surface area (TPSA) is 104 Å². The number of rotatable bonds is 10. The molecule has 3 aromatic rings. The molecule has 0 amide bonds. The lowest BCUT2D eigenvalue weighted by atomic mass is 9.79. The molecule has 0 saturated heterocycles. The lowest BCUT2D eigenvalue weighted by Crippen LogP contribution is -2.24. The van der Waals surface area contributed by atoms with Crippen molar-refractivity contribution in [3.63, 3.8) is 0 Å². The minimum absolute atomic E-state index is 0.0721. The van der Waals surface area contributed by atoms with Crippen LogP contribution in [0.4, 0.5) is 0 Å². The molecule has 3 aromatic carbocycles. The van der Waals surface area contributed by atoms with Crippen LogP contribution in [0.1, 0.15) is 47.4 Å². The van der Waals surface area contributed by atoms with Crippen molar-refractivity contribution >= 4 is 5.97 Å². The summed E-state index contributed by atoms with van der Waals surface area (Å²) in [7, 11) is 1.56. The number of aliphatic carboxylic acids is 1. The van der Waals surface area contributed by atoms with E-state index in [9.17, 15) is 15.0 Å². The maximum Gasteiger partial charge on any atom is 0.308 e. The first-order valence-corrected chi connectivity index (χ1v) is 12.4. The van der Waals surface area contributed by atoms with E-state index in [1.165, 1.54) is 0 Å². The predicted molar refractivity (Wildman–Crippen MR) is 135 cm³/mol. The van der Waals surface area contributed by atoms with Crippen molar-refractivity contribution in [3.05, 3.63) is 76.9 Å². The molecule has 194 valence electrons. The lowest BCUT2D eigenvalue weighted by molar-refractivity contribution is -0.142. The molecule has 2 N–H and O–H groups in total. The first-order valence-electron chi connectivity index (χ1n) is 12.4. The summed E-state index contributed by atoms with van der Waals surface area (Å²) >= 11 is 0. The van der Waals surface area contributed by atoms with E-state index >= 15 is 0 Å². The Morgan fingerprint density at radius 3 is 2.43 bits per heavy atom. The smallest absolute Gasteiger partial charge is 0.308 e. The molecule has 1 heterocycles. The Hall–Kier alpha value is -3.91. The SMILES string of the molecule is CCCOc1ccc2c(c1)[C@@H](c1ccc(OC)cc1OCCO)[C@@H](C(=O)O)[C@H]2c1ccc2c(c1)OCO2. The van der Waals surface area contributed by atoms with E-state index in [1.807, 2.05) is 49.4 Å². The van der Waals surface area contributed by atoms with Gasteiger partial charge in [0.05, 0.1) is 26.2 Å². The van der Waals surface area contributed by atoms with Crippen molar-refractivity contribution in [2.45, 2.75) is 25.2 Å². The third kappa shape index (κ3) is 4.64. The monoisotopic (exact) mass is 506 g/mol. The van der Waals surface area contributed by atoms with E-state index in [2.05, 4.69) is 0 Å². The average Bonchev–Trinajstić information content (AvgIpc) is 3.52. The van der Waals surface area contributed by atoms with Gasteiger partial charge in [0.25, 0.3) is 0 Å². The molecular formula is C29H30O8. The molecule has 8 heteroatoms. The van der Waals surface area contributed by atoms with E-state index in [1.54, 1.807) is 19.2 Å². The molecule has 0 radical (unpaired) electrons. The molecule has 5 rings (SSSR count). The molecule has 3 atom stereocenters. The van der Waals surface area contributed by atoms with Crippen LogP contribution in [0.3, 0.4) is 0 Å². The van der Waals surface area contributed by atoms with Gasteiger partial charge in [-0.15, -0.1) is 0 Å². The highest BCUT2D eigenvalue weighted by Crippen LogP contribution is 2.56. The highest BCUT2D eigenvalue weighted by atomic mass is 16.7. The Morgan fingerprint density at radius 2 is 1.68 bits per heavy atom. The summed E-state index contributed by atoms with van der Waals surface area (Å²) < 4.78 is 28.3. The number of fused-ring (bicyclic) bond motifs is 2. The maximum absolute atomic E-state index is 13.0. The number of hydrogen-bond acceptors (Lipinski definition) is 7. The van der Waals surface area contributed by atoms with E-state index in [4.69, 9.17) is 23.7 Å². The van der Waals surface area contributed by atoms with Gasteiger partial charge in [0.1, 0.15) is 23.9 Å². The minimum atomic E-state index is -0.927. The highest BCUT2D eigenvalue weighted by Gasteiger charge is 2.48. The van der Waals surface area contributed by atoms with Gasteiger partial charge in [-0.2, -0.15) is 0 Å². The van der Waals surface area contributed by atoms with Crippen LogP contribution in [0.5, 0.6) is 28.7 Å². The molecule has 1 aliphatic heterocycles. The Labute approximate surface area is 215 Å². The summed E-state index contributed by atoms with van der Waals surface area (Å²) in [6.45, 7) is 2.64. The third-order valence-corrected chi connectivity index (χ3v) is 6.86. The first-order chi connectivity index (χ1) is 18.0. The fourth-order valence-corrected chi connectivity index (χ4v) is 5.31. The van der Waals surface area contributed by atoms with Crippen LogP contribution in [0, 0.1) is 5.92 Å². The van der Waals surface area contributed by atoms with Crippen LogP contribution in [0.25, 0.3) is 0 Å². The van der Waals surface area contributed by atoms with Gasteiger partial charge in [-0.1, -0.05) is 25.1 Å². The van der Waals surface area contributed by atoms with E-state index < -0.39 is 23.7 Å². The zero-order valence-electron chi connectivity index (χ0n) is 20.8. The Morgan fingerprint density at radius 1 is 0.892 bits per heavy atom. The normalized spacial score (nSPS) is 19.4. The number of benzene rings is 3. The molecular weight excluding hydrogens is 476 g/mol. The standard InChI is InChI=1S/C29H30O8/c1-3-11-34-19-6-7-20-22(14-19)27(21-8-5-18(33-2)15-24(21)35-12-10-30)28(29(31)32)26(20)17-4-9-23-25(13-17)37-16-36-23/h4-9,13-15,26-28,30H,3,10-12,16H2,1-2H3,(H,31,32)/t26-,27+,28-/m0/s1. The highest BCUT2D eigenvalue weighted by molar-refractivity contribution is 5.78. The number of ether oxygens (including phenoxy) is 5. The van der Waals surface area contributed by atoms with Gasteiger partial charge in [-0.25, -0.2) is 0 Å². The first kappa shape index (κ1) is 24.8. The van der Waals surface area contributed by atoms with Crippen LogP contribution in [-0.4, -0.2) is 49.9 Å². The van der Waals surface area contributed by atoms with Gasteiger partial charge in [0, 0.05) is 23.5 Å². The van der Waals surface area contributed by atoms with Gasteiger partial charge in [0.15, 0.2) is 11.5 Å². The zero-order valence-corrected chi connectivity index (χ0v) is 20.8.